The summed E-state index contributed by atoms with van der Waals surface area (Å²) in [7, 11) is 0. The highest BCUT2D eigenvalue weighted by molar-refractivity contribution is 6.35. The molecule has 19 heavy (non-hydrogen) atoms. The molecule has 0 bridgehead atoms. The van der Waals surface area contributed by atoms with Gasteiger partial charge in [0.05, 0.1) is 5.02 Å². The molecule has 2 N–H and O–H groups in total. The lowest BCUT2D eigenvalue weighted by molar-refractivity contribution is 0.267. The summed E-state index contributed by atoms with van der Waals surface area (Å²) < 4.78 is 0. The van der Waals surface area contributed by atoms with Gasteiger partial charge >= 0.3 is 0 Å². The van der Waals surface area contributed by atoms with Crippen LogP contribution in [0, 0.1) is 5.41 Å². The number of benzene rings is 1. The number of hydrogen-bond acceptors (Lipinski definition) is 2. The van der Waals surface area contributed by atoms with E-state index in [0.29, 0.717) is 22.0 Å². The molecular weight excluding hydrogens is 281 g/mol. The van der Waals surface area contributed by atoms with E-state index in [-0.39, 0.29) is 5.75 Å². The van der Waals surface area contributed by atoms with E-state index < -0.39 is 0 Å². The molecule has 0 amide bonds. The standard InChI is InChI=1S/C15H21Cl2NO/c1-2-15(5-3-4-6-15)10-18-9-11-7-12(16)8-13(17)14(11)19/h7-8,18-19H,2-6,9-10H2,1H3. The summed E-state index contributed by atoms with van der Waals surface area (Å²) in [5.41, 5.74) is 1.21. The third-order valence-corrected chi connectivity index (χ3v) is 4.84. The van der Waals surface area contributed by atoms with Crippen molar-refractivity contribution in [2.75, 3.05) is 6.54 Å². The Hall–Kier alpha value is -0.440. The maximum Gasteiger partial charge on any atom is 0.138 e. The van der Waals surface area contributed by atoms with Crippen LogP contribution in [0.5, 0.6) is 5.75 Å². The van der Waals surface area contributed by atoms with Crippen LogP contribution < -0.4 is 5.32 Å². The number of halogens is 2. The summed E-state index contributed by atoms with van der Waals surface area (Å²) in [4.78, 5) is 0. The smallest absolute Gasteiger partial charge is 0.138 e. The highest BCUT2D eigenvalue weighted by Crippen LogP contribution is 2.40. The number of nitrogens with one attached hydrogen (secondary N) is 1. The fourth-order valence-electron chi connectivity index (χ4n) is 3.00. The number of phenols is 1. The van der Waals surface area contributed by atoms with Crippen molar-refractivity contribution in [1.29, 1.82) is 0 Å². The zero-order valence-corrected chi connectivity index (χ0v) is 12.8. The Morgan fingerprint density at radius 3 is 2.58 bits per heavy atom. The molecule has 1 fully saturated rings. The van der Waals surface area contributed by atoms with Crippen molar-refractivity contribution in [1.82, 2.24) is 5.32 Å². The molecule has 1 saturated carbocycles. The molecule has 1 aliphatic rings. The van der Waals surface area contributed by atoms with Gasteiger partial charge in [-0.15, -0.1) is 0 Å². The zero-order chi connectivity index (χ0) is 13.9. The van der Waals surface area contributed by atoms with Gasteiger partial charge in [0.15, 0.2) is 0 Å². The lowest BCUT2D eigenvalue weighted by Gasteiger charge is -2.28. The van der Waals surface area contributed by atoms with Crippen LogP contribution >= 0.6 is 23.2 Å². The number of rotatable bonds is 5. The summed E-state index contributed by atoms with van der Waals surface area (Å²) in [5.74, 6) is 0.135. The van der Waals surface area contributed by atoms with Gasteiger partial charge in [0, 0.05) is 23.7 Å². The van der Waals surface area contributed by atoms with Crippen LogP contribution in [0.15, 0.2) is 12.1 Å². The average molecular weight is 302 g/mol. The zero-order valence-electron chi connectivity index (χ0n) is 11.3. The maximum absolute atomic E-state index is 9.90. The van der Waals surface area contributed by atoms with Gasteiger partial charge in [-0.25, -0.2) is 0 Å². The van der Waals surface area contributed by atoms with Crippen LogP contribution in [0.3, 0.4) is 0 Å². The minimum absolute atomic E-state index is 0.135. The van der Waals surface area contributed by atoms with E-state index >= 15 is 0 Å². The Labute approximate surface area is 125 Å². The lowest BCUT2D eigenvalue weighted by atomic mass is 9.83. The van der Waals surface area contributed by atoms with E-state index in [0.717, 1.165) is 12.1 Å². The van der Waals surface area contributed by atoms with Crippen molar-refractivity contribution in [2.24, 2.45) is 5.41 Å². The van der Waals surface area contributed by atoms with Gasteiger partial charge in [-0.2, -0.15) is 0 Å². The first-order chi connectivity index (χ1) is 9.06. The van der Waals surface area contributed by atoms with Crippen molar-refractivity contribution in [3.8, 4) is 5.75 Å². The third-order valence-electron chi connectivity index (χ3n) is 4.34. The SMILES string of the molecule is CCC1(CNCc2cc(Cl)cc(Cl)c2O)CCCC1. The first-order valence-corrected chi connectivity index (χ1v) is 7.69. The van der Waals surface area contributed by atoms with E-state index in [1.807, 2.05) is 0 Å². The van der Waals surface area contributed by atoms with Crippen LogP contribution in [-0.4, -0.2) is 11.7 Å². The quantitative estimate of drug-likeness (QED) is 0.822. The molecule has 106 valence electrons. The van der Waals surface area contributed by atoms with E-state index in [1.54, 1.807) is 12.1 Å². The molecule has 4 heteroatoms. The van der Waals surface area contributed by atoms with Crippen LogP contribution in [0.1, 0.15) is 44.6 Å². The first-order valence-electron chi connectivity index (χ1n) is 6.94. The maximum atomic E-state index is 9.90. The summed E-state index contributed by atoms with van der Waals surface area (Å²) in [6.45, 7) is 3.86. The Bertz CT molecular complexity index is 442. The lowest BCUT2D eigenvalue weighted by Crippen LogP contribution is -2.31. The molecule has 1 aromatic carbocycles. The second-order valence-electron chi connectivity index (χ2n) is 5.56. The van der Waals surface area contributed by atoms with Crippen molar-refractivity contribution in [3.63, 3.8) is 0 Å². The molecule has 0 spiro atoms. The predicted molar refractivity (Wildman–Crippen MR) is 81.0 cm³/mol. The average Bonchev–Trinajstić information content (AvgIpc) is 2.84. The number of phenolic OH excluding ortho intramolecular Hbond substituents is 1. The Kier molecular flexibility index (Phi) is 4.99. The molecule has 0 heterocycles. The van der Waals surface area contributed by atoms with Crippen LogP contribution in [0.2, 0.25) is 10.0 Å². The second kappa shape index (κ2) is 6.34. The normalized spacial score (nSPS) is 17.8. The Morgan fingerprint density at radius 2 is 1.95 bits per heavy atom. The molecule has 1 aromatic rings. The highest BCUT2D eigenvalue weighted by atomic mass is 35.5. The van der Waals surface area contributed by atoms with Gasteiger partial charge in [-0.3, -0.25) is 0 Å². The fourth-order valence-corrected chi connectivity index (χ4v) is 3.53. The van der Waals surface area contributed by atoms with Gasteiger partial charge in [-0.05, 0) is 36.8 Å². The van der Waals surface area contributed by atoms with Gasteiger partial charge in [0.25, 0.3) is 0 Å². The molecule has 0 unspecified atom stereocenters. The largest absolute Gasteiger partial charge is 0.506 e. The minimum Gasteiger partial charge on any atom is -0.506 e. The molecule has 0 aliphatic heterocycles. The van der Waals surface area contributed by atoms with E-state index in [4.69, 9.17) is 23.2 Å². The summed E-state index contributed by atoms with van der Waals surface area (Å²) >= 11 is 11.9. The molecule has 1 aliphatic carbocycles. The van der Waals surface area contributed by atoms with E-state index in [1.165, 1.54) is 32.1 Å². The van der Waals surface area contributed by atoms with Crippen molar-refractivity contribution < 1.29 is 5.11 Å². The topological polar surface area (TPSA) is 32.3 Å². The highest BCUT2D eigenvalue weighted by Gasteiger charge is 2.31. The Morgan fingerprint density at radius 1 is 1.26 bits per heavy atom. The molecule has 0 radical (unpaired) electrons. The van der Waals surface area contributed by atoms with Crippen LogP contribution in [0.25, 0.3) is 0 Å². The third kappa shape index (κ3) is 3.56. The second-order valence-corrected chi connectivity index (χ2v) is 6.40. The number of aromatic hydroxyl groups is 1. The molecule has 2 nitrogen and oxygen atoms in total. The monoisotopic (exact) mass is 301 g/mol. The summed E-state index contributed by atoms with van der Waals surface area (Å²) in [6, 6.07) is 3.33. The first kappa shape index (κ1) is 15.0. The Balaban J connectivity index is 1.96. The fraction of sp³-hybridized carbons (Fsp3) is 0.600. The van der Waals surface area contributed by atoms with E-state index in [2.05, 4.69) is 12.2 Å². The summed E-state index contributed by atoms with van der Waals surface area (Å²) in [6.07, 6.45) is 6.49. The van der Waals surface area contributed by atoms with E-state index in [9.17, 15) is 5.11 Å². The van der Waals surface area contributed by atoms with Gasteiger partial charge in [0.2, 0.25) is 0 Å². The molecule has 0 saturated heterocycles. The minimum atomic E-state index is 0.135. The van der Waals surface area contributed by atoms with Crippen LogP contribution in [-0.2, 0) is 6.54 Å². The van der Waals surface area contributed by atoms with Crippen molar-refractivity contribution in [2.45, 2.75) is 45.6 Å². The van der Waals surface area contributed by atoms with Gasteiger partial charge in [-0.1, -0.05) is 43.0 Å². The van der Waals surface area contributed by atoms with Crippen molar-refractivity contribution in [3.05, 3.63) is 27.7 Å². The van der Waals surface area contributed by atoms with Gasteiger partial charge in [0.1, 0.15) is 5.75 Å². The summed E-state index contributed by atoms with van der Waals surface area (Å²) in [5, 5.41) is 14.2. The predicted octanol–water partition coefficient (Wildman–Crippen LogP) is 4.76. The molecule has 2 rings (SSSR count). The molecule has 0 aromatic heterocycles. The molecular formula is C15H21Cl2NO. The van der Waals surface area contributed by atoms with Crippen molar-refractivity contribution >= 4 is 23.2 Å². The van der Waals surface area contributed by atoms with Gasteiger partial charge < -0.3 is 10.4 Å². The van der Waals surface area contributed by atoms with Crippen LogP contribution in [0.4, 0.5) is 0 Å². The molecule has 0 atom stereocenters. The number of hydrogen-bond donors (Lipinski definition) is 2.